The molecule has 2 aromatic rings. The number of anilines is 2. The lowest BCUT2D eigenvalue weighted by molar-refractivity contribution is 0.0741. The Hall–Kier alpha value is -2.60. The van der Waals surface area contributed by atoms with Crippen molar-refractivity contribution in [1.29, 1.82) is 0 Å². The normalized spacial score (nSPS) is 14.4. The lowest BCUT2D eigenvalue weighted by Gasteiger charge is -2.36. The van der Waals surface area contributed by atoms with E-state index in [1.54, 1.807) is 19.4 Å². The highest BCUT2D eigenvalue weighted by Crippen LogP contribution is 2.16. The van der Waals surface area contributed by atoms with Crippen molar-refractivity contribution in [1.82, 2.24) is 9.88 Å². The number of rotatable bonds is 6. The van der Waals surface area contributed by atoms with Gasteiger partial charge in [0.05, 0.1) is 18.5 Å². The van der Waals surface area contributed by atoms with Gasteiger partial charge in [0.2, 0.25) is 0 Å². The quantitative estimate of drug-likeness (QED) is 0.816. The molecule has 132 valence electrons. The van der Waals surface area contributed by atoms with Gasteiger partial charge < -0.3 is 19.9 Å². The fourth-order valence-corrected chi connectivity index (χ4v) is 2.89. The Morgan fingerprint density at radius 2 is 1.88 bits per heavy atom. The van der Waals surface area contributed by atoms with Crippen molar-refractivity contribution in [3.63, 3.8) is 0 Å². The van der Waals surface area contributed by atoms with E-state index in [-0.39, 0.29) is 5.91 Å². The van der Waals surface area contributed by atoms with Crippen molar-refractivity contribution in [2.24, 2.45) is 0 Å². The van der Waals surface area contributed by atoms with E-state index in [0.29, 0.717) is 31.9 Å². The molecule has 1 N–H and O–H groups in total. The maximum absolute atomic E-state index is 12.6. The molecule has 3 rings (SSSR count). The van der Waals surface area contributed by atoms with Gasteiger partial charge in [0, 0.05) is 45.5 Å². The number of pyridine rings is 1. The number of benzene rings is 1. The van der Waals surface area contributed by atoms with E-state index in [1.165, 1.54) is 5.69 Å². The van der Waals surface area contributed by atoms with Crippen LogP contribution in [0.25, 0.3) is 0 Å². The van der Waals surface area contributed by atoms with E-state index in [2.05, 4.69) is 27.3 Å². The standard InChI is InChI=1S/C19H24N4O2/c1-25-14-9-20-16-7-8-18(21-15-16)19(24)23-12-10-22(11-13-23)17-5-3-2-4-6-17/h2-8,15,20H,9-14H2,1H3. The first kappa shape index (κ1) is 17.2. The molecule has 0 aliphatic carbocycles. The fraction of sp³-hybridized carbons (Fsp3) is 0.368. The van der Waals surface area contributed by atoms with Crippen LogP contribution >= 0.6 is 0 Å². The van der Waals surface area contributed by atoms with Crippen LogP contribution in [-0.4, -0.2) is 62.2 Å². The van der Waals surface area contributed by atoms with Crippen molar-refractivity contribution in [3.05, 3.63) is 54.4 Å². The Morgan fingerprint density at radius 3 is 2.52 bits per heavy atom. The average molecular weight is 340 g/mol. The van der Waals surface area contributed by atoms with Gasteiger partial charge in [-0.15, -0.1) is 0 Å². The van der Waals surface area contributed by atoms with Gasteiger partial charge in [-0.3, -0.25) is 4.79 Å². The zero-order valence-electron chi connectivity index (χ0n) is 14.5. The molecule has 6 heteroatoms. The molecule has 0 radical (unpaired) electrons. The molecule has 0 saturated carbocycles. The topological polar surface area (TPSA) is 57.7 Å². The molecule has 1 amide bonds. The van der Waals surface area contributed by atoms with Crippen LogP contribution in [0.3, 0.4) is 0 Å². The Morgan fingerprint density at radius 1 is 1.12 bits per heavy atom. The number of piperazine rings is 1. The van der Waals surface area contributed by atoms with Gasteiger partial charge in [-0.25, -0.2) is 4.98 Å². The molecule has 2 heterocycles. The van der Waals surface area contributed by atoms with Crippen molar-refractivity contribution in [2.75, 3.05) is 56.7 Å². The van der Waals surface area contributed by atoms with Gasteiger partial charge in [-0.05, 0) is 24.3 Å². The van der Waals surface area contributed by atoms with Crippen molar-refractivity contribution in [2.45, 2.75) is 0 Å². The monoisotopic (exact) mass is 340 g/mol. The summed E-state index contributed by atoms with van der Waals surface area (Å²) >= 11 is 0. The third-order valence-corrected chi connectivity index (χ3v) is 4.31. The minimum Gasteiger partial charge on any atom is -0.383 e. The summed E-state index contributed by atoms with van der Waals surface area (Å²) in [6.07, 6.45) is 1.70. The van der Waals surface area contributed by atoms with Gasteiger partial charge in [-0.1, -0.05) is 18.2 Å². The summed E-state index contributed by atoms with van der Waals surface area (Å²) in [7, 11) is 1.67. The van der Waals surface area contributed by atoms with Crippen LogP contribution in [-0.2, 0) is 4.74 Å². The highest BCUT2D eigenvalue weighted by Gasteiger charge is 2.22. The summed E-state index contributed by atoms with van der Waals surface area (Å²) in [5, 5.41) is 3.20. The number of methoxy groups -OCH3 is 1. The minimum absolute atomic E-state index is 0.00356. The SMILES string of the molecule is COCCNc1ccc(C(=O)N2CCN(c3ccccc3)CC2)nc1. The Labute approximate surface area is 148 Å². The smallest absolute Gasteiger partial charge is 0.272 e. The molecule has 0 bridgehead atoms. The van der Waals surface area contributed by atoms with E-state index < -0.39 is 0 Å². The number of para-hydroxylation sites is 1. The van der Waals surface area contributed by atoms with E-state index >= 15 is 0 Å². The number of hydrogen-bond acceptors (Lipinski definition) is 5. The van der Waals surface area contributed by atoms with Crippen LogP contribution in [0.15, 0.2) is 48.7 Å². The van der Waals surface area contributed by atoms with Crippen LogP contribution < -0.4 is 10.2 Å². The summed E-state index contributed by atoms with van der Waals surface area (Å²) in [4.78, 5) is 21.1. The predicted octanol–water partition coefficient (Wildman–Crippen LogP) is 2.10. The zero-order valence-corrected chi connectivity index (χ0v) is 14.5. The highest BCUT2D eigenvalue weighted by molar-refractivity contribution is 5.92. The Balaban J connectivity index is 1.53. The average Bonchev–Trinajstić information content (AvgIpc) is 2.69. The molecule has 6 nitrogen and oxygen atoms in total. The van der Waals surface area contributed by atoms with Crippen molar-refractivity contribution in [3.8, 4) is 0 Å². The lowest BCUT2D eigenvalue weighted by atomic mass is 10.2. The third-order valence-electron chi connectivity index (χ3n) is 4.31. The molecule has 1 aliphatic heterocycles. The summed E-state index contributed by atoms with van der Waals surface area (Å²) in [6.45, 7) is 4.45. The van der Waals surface area contributed by atoms with Crippen LogP contribution in [0.4, 0.5) is 11.4 Å². The fourth-order valence-electron chi connectivity index (χ4n) is 2.89. The van der Waals surface area contributed by atoms with Crippen LogP contribution in [0.5, 0.6) is 0 Å². The van der Waals surface area contributed by atoms with Crippen LogP contribution in [0.1, 0.15) is 10.5 Å². The summed E-state index contributed by atoms with van der Waals surface area (Å²) in [6, 6.07) is 14.0. The van der Waals surface area contributed by atoms with E-state index in [0.717, 1.165) is 18.8 Å². The predicted molar refractivity (Wildman–Crippen MR) is 99.2 cm³/mol. The second kappa shape index (κ2) is 8.48. The summed E-state index contributed by atoms with van der Waals surface area (Å²) in [5.41, 5.74) is 2.59. The third kappa shape index (κ3) is 4.48. The minimum atomic E-state index is -0.00356. The maximum atomic E-state index is 12.6. The first-order valence-electron chi connectivity index (χ1n) is 8.56. The first-order valence-corrected chi connectivity index (χ1v) is 8.56. The number of nitrogens with one attached hydrogen (secondary N) is 1. The van der Waals surface area contributed by atoms with Gasteiger partial charge in [0.1, 0.15) is 5.69 Å². The molecule has 1 saturated heterocycles. The van der Waals surface area contributed by atoms with E-state index in [1.807, 2.05) is 29.2 Å². The summed E-state index contributed by atoms with van der Waals surface area (Å²) in [5.74, 6) is -0.00356. The molecule has 0 unspecified atom stereocenters. The lowest BCUT2D eigenvalue weighted by Crippen LogP contribution is -2.49. The van der Waals surface area contributed by atoms with E-state index in [4.69, 9.17) is 4.74 Å². The number of nitrogens with zero attached hydrogens (tertiary/aromatic N) is 3. The molecule has 0 atom stereocenters. The Kier molecular flexibility index (Phi) is 5.85. The van der Waals surface area contributed by atoms with E-state index in [9.17, 15) is 4.79 Å². The second-order valence-electron chi connectivity index (χ2n) is 5.97. The largest absolute Gasteiger partial charge is 0.383 e. The van der Waals surface area contributed by atoms with Gasteiger partial charge in [-0.2, -0.15) is 0 Å². The molecule has 1 fully saturated rings. The first-order chi connectivity index (χ1) is 12.3. The number of amides is 1. The molecule has 25 heavy (non-hydrogen) atoms. The van der Waals surface area contributed by atoms with Crippen LogP contribution in [0.2, 0.25) is 0 Å². The van der Waals surface area contributed by atoms with Gasteiger partial charge in [0.15, 0.2) is 0 Å². The van der Waals surface area contributed by atoms with Gasteiger partial charge in [0.25, 0.3) is 5.91 Å². The molecule has 1 aromatic heterocycles. The molecule has 1 aliphatic rings. The van der Waals surface area contributed by atoms with Crippen LogP contribution in [0, 0.1) is 0 Å². The highest BCUT2D eigenvalue weighted by atomic mass is 16.5. The number of carbonyl (C=O) groups excluding carboxylic acids is 1. The second-order valence-corrected chi connectivity index (χ2v) is 5.97. The summed E-state index contributed by atoms with van der Waals surface area (Å²) < 4.78 is 5.00. The molecular formula is C19H24N4O2. The van der Waals surface area contributed by atoms with Gasteiger partial charge >= 0.3 is 0 Å². The molecule has 1 aromatic carbocycles. The maximum Gasteiger partial charge on any atom is 0.272 e. The van der Waals surface area contributed by atoms with Crippen molar-refractivity contribution >= 4 is 17.3 Å². The van der Waals surface area contributed by atoms with Crippen molar-refractivity contribution < 1.29 is 9.53 Å². The number of hydrogen-bond donors (Lipinski definition) is 1. The number of aromatic nitrogens is 1. The zero-order chi connectivity index (χ0) is 17.5. The number of carbonyl (C=O) groups is 1. The molecule has 0 spiro atoms. The number of ether oxygens (including phenoxy) is 1. The Bertz CT molecular complexity index is 668. The molecular weight excluding hydrogens is 316 g/mol.